The van der Waals surface area contributed by atoms with E-state index in [4.69, 9.17) is 5.73 Å². The molecule has 1 saturated heterocycles. The van der Waals surface area contributed by atoms with Crippen molar-refractivity contribution in [3.8, 4) is 0 Å². The van der Waals surface area contributed by atoms with Crippen LogP contribution in [0.15, 0.2) is 60.8 Å². The number of carbonyl (C=O) groups excluding carboxylic acids is 2. The fourth-order valence-corrected chi connectivity index (χ4v) is 4.64. The molecule has 33 heavy (non-hydrogen) atoms. The summed E-state index contributed by atoms with van der Waals surface area (Å²) >= 11 is 0. The fraction of sp³-hybridized carbons (Fsp3) is 0.370. The van der Waals surface area contributed by atoms with E-state index in [1.54, 1.807) is 18.1 Å². The molecule has 0 spiro atoms. The van der Waals surface area contributed by atoms with Crippen LogP contribution in [-0.2, 0) is 16.0 Å². The zero-order valence-electron chi connectivity index (χ0n) is 19.5. The van der Waals surface area contributed by atoms with E-state index in [0.717, 1.165) is 16.3 Å². The molecule has 3 aromatic rings. The first kappa shape index (κ1) is 22.9. The molecule has 0 aliphatic carbocycles. The van der Waals surface area contributed by atoms with Gasteiger partial charge < -0.3 is 16.0 Å². The lowest BCUT2D eigenvalue weighted by molar-refractivity contribution is -0.142. The number of aryl methyl sites for hydroxylation is 1. The van der Waals surface area contributed by atoms with Gasteiger partial charge in [0.15, 0.2) is 5.78 Å². The number of nitrogens with zero attached hydrogens (tertiary/aromatic N) is 2. The van der Waals surface area contributed by atoms with E-state index in [9.17, 15) is 9.59 Å². The zero-order valence-corrected chi connectivity index (χ0v) is 19.5. The van der Waals surface area contributed by atoms with E-state index in [1.165, 1.54) is 5.56 Å². The lowest BCUT2D eigenvalue weighted by Gasteiger charge is -2.32. The molecule has 172 valence electrons. The van der Waals surface area contributed by atoms with Gasteiger partial charge in [-0.1, -0.05) is 48.5 Å². The van der Waals surface area contributed by atoms with Crippen molar-refractivity contribution in [2.45, 2.75) is 50.6 Å². The minimum Gasteiger partial charge on any atom is -0.383 e. The quantitative estimate of drug-likeness (QED) is 0.580. The SMILES string of the molecule is CNC(C)(C)C(=O)N1C[C@H](c2ccccc2)C[C@H]1C(=O)CCc1ccc2c(N)nccc2c1. The van der Waals surface area contributed by atoms with Crippen LogP contribution in [0.1, 0.15) is 43.7 Å². The predicted octanol–water partition coefficient (Wildman–Crippen LogP) is 3.70. The van der Waals surface area contributed by atoms with Crippen LogP contribution in [0, 0.1) is 0 Å². The summed E-state index contributed by atoms with van der Waals surface area (Å²) in [7, 11) is 1.78. The molecular weight excluding hydrogens is 412 g/mol. The summed E-state index contributed by atoms with van der Waals surface area (Å²) in [5.74, 6) is 0.751. The molecule has 2 atom stereocenters. The minimum absolute atomic E-state index is 0.0320. The Morgan fingerprint density at radius 2 is 1.91 bits per heavy atom. The number of nitrogens with one attached hydrogen (secondary N) is 1. The molecule has 1 amide bonds. The van der Waals surface area contributed by atoms with Gasteiger partial charge in [0.2, 0.25) is 5.91 Å². The number of benzene rings is 2. The van der Waals surface area contributed by atoms with Gasteiger partial charge in [0.1, 0.15) is 5.82 Å². The lowest BCUT2D eigenvalue weighted by Crippen LogP contribution is -2.55. The summed E-state index contributed by atoms with van der Waals surface area (Å²) in [5, 5.41) is 5.03. The number of rotatable bonds is 7. The molecule has 0 radical (unpaired) electrons. The summed E-state index contributed by atoms with van der Waals surface area (Å²) in [5.41, 5.74) is 7.48. The number of fused-ring (bicyclic) bond motifs is 1. The smallest absolute Gasteiger partial charge is 0.242 e. The Hall–Kier alpha value is -3.25. The Morgan fingerprint density at radius 1 is 1.15 bits per heavy atom. The number of pyridine rings is 1. The number of anilines is 1. The van der Waals surface area contributed by atoms with Crippen LogP contribution in [0.4, 0.5) is 5.82 Å². The Kier molecular flexibility index (Phi) is 6.47. The van der Waals surface area contributed by atoms with E-state index in [1.807, 2.05) is 50.2 Å². The molecule has 1 aliphatic rings. The summed E-state index contributed by atoms with van der Waals surface area (Å²) in [6, 6.07) is 17.7. The van der Waals surface area contributed by atoms with Gasteiger partial charge in [-0.05, 0) is 56.3 Å². The second-order valence-electron chi connectivity index (χ2n) is 9.41. The molecule has 2 aromatic carbocycles. The van der Waals surface area contributed by atoms with Crippen LogP contribution >= 0.6 is 0 Å². The number of hydrogen-bond acceptors (Lipinski definition) is 5. The van der Waals surface area contributed by atoms with Gasteiger partial charge >= 0.3 is 0 Å². The second-order valence-corrected chi connectivity index (χ2v) is 9.41. The fourth-order valence-electron chi connectivity index (χ4n) is 4.64. The number of likely N-dealkylation sites (tertiary alicyclic amines) is 1. The van der Waals surface area contributed by atoms with Crippen LogP contribution in [0.25, 0.3) is 10.8 Å². The number of hydrogen-bond donors (Lipinski definition) is 2. The van der Waals surface area contributed by atoms with Crippen LogP contribution in [0.5, 0.6) is 0 Å². The highest BCUT2D eigenvalue weighted by Crippen LogP contribution is 2.34. The van der Waals surface area contributed by atoms with Crippen molar-refractivity contribution in [3.63, 3.8) is 0 Å². The molecular formula is C27H32N4O2. The maximum absolute atomic E-state index is 13.4. The highest BCUT2D eigenvalue weighted by atomic mass is 16.2. The van der Waals surface area contributed by atoms with Gasteiger partial charge in [-0.3, -0.25) is 9.59 Å². The van der Waals surface area contributed by atoms with E-state index in [2.05, 4.69) is 28.5 Å². The number of nitrogens with two attached hydrogens (primary N) is 1. The largest absolute Gasteiger partial charge is 0.383 e. The van der Waals surface area contributed by atoms with Crippen molar-refractivity contribution in [3.05, 3.63) is 71.9 Å². The van der Waals surface area contributed by atoms with E-state index < -0.39 is 11.6 Å². The molecule has 1 aromatic heterocycles. The van der Waals surface area contributed by atoms with Crippen molar-refractivity contribution in [2.75, 3.05) is 19.3 Å². The van der Waals surface area contributed by atoms with Crippen molar-refractivity contribution in [1.82, 2.24) is 15.2 Å². The van der Waals surface area contributed by atoms with Crippen molar-refractivity contribution in [2.24, 2.45) is 0 Å². The second kappa shape index (κ2) is 9.32. The number of nitrogen functional groups attached to an aromatic ring is 1. The zero-order chi connectivity index (χ0) is 23.6. The molecule has 0 bridgehead atoms. The Morgan fingerprint density at radius 3 is 2.64 bits per heavy atom. The van der Waals surface area contributed by atoms with Gasteiger partial charge in [-0.15, -0.1) is 0 Å². The number of Topliss-reactive ketones (excluding diaryl/α,β-unsaturated/α-hetero) is 1. The molecule has 6 heteroatoms. The maximum atomic E-state index is 13.4. The Balaban J connectivity index is 1.52. The van der Waals surface area contributed by atoms with Crippen molar-refractivity contribution < 1.29 is 9.59 Å². The third kappa shape index (κ3) is 4.76. The number of amides is 1. The summed E-state index contributed by atoms with van der Waals surface area (Å²) in [6.07, 6.45) is 3.37. The molecule has 6 nitrogen and oxygen atoms in total. The molecule has 3 N–H and O–H groups in total. The molecule has 4 rings (SSSR count). The van der Waals surface area contributed by atoms with Crippen LogP contribution in [0.3, 0.4) is 0 Å². The van der Waals surface area contributed by atoms with E-state index in [-0.39, 0.29) is 17.6 Å². The number of likely N-dealkylation sites (N-methyl/N-ethyl adjacent to an activating group) is 1. The first-order valence-electron chi connectivity index (χ1n) is 11.5. The maximum Gasteiger partial charge on any atom is 0.242 e. The highest BCUT2D eigenvalue weighted by Gasteiger charge is 2.43. The lowest BCUT2D eigenvalue weighted by atomic mass is 9.93. The van der Waals surface area contributed by atoms with E-state index >= 15 is 0 Å². The highest BCUT2D eigenvalue weighted by molar-refractivity contribution is 5.94. The van der Waals surface area contributed by atoms with Gasteiger partial charge in [0.25, 0.3) is 0 Å². The van der Waals surface area contributed by atoms with Crippen LogP contribution in [-0.4, -0.2) is 46.7 Å². The van der Waals surface area contributed by atoms with E-state index in [0.29, 0.717) is 31.6 Å². The molecule has 1 fully saturated rings. The first-order chi connectivity index (χ1) is 15.8. The standard InChI is InChI=1S/C27H32N4O2/c1-27(2,29-3)26(33)31-17-21(19-7-5-4-6-8-19)16-23(31)24(32)12-10-18-9-11-22-20(15-18)13-14-30-25(22)28/h4-9,11,13-15,21,23,29H,10,12,16-17H2,1-3H3,(H2,28,30)/t21-,23+/m1/s1. The Bertz CT molecular complexity index is 1160. The van der Waals surface area contributed by atoms with Crippen molar-refractivity contribution in [1.29, 1.82) is 0 Å². The number of ketones is 1. The number of aromatic nitrogens is 1. The van der Waals surface area contributed by atoms with Gasteiger partial charge in [-0.2, -0.15) is 0 Å². The van der Waals surface area contributed by atoms with Gasteiger partial charge in [-0.25, -0.2) is 4.98 Å². The predicted molar refractivity (Wildman–Crippen MR) is 132 cm³/mol. The molecule has 1 aliphatic heterocycles. The summed E-state index contributed by atoms with van der Waals surface area (Å²) < 4.78 is 0. The normalized spacial score (nSPS) is 18.6. The topological polar surface area (TPSA) is 88.3 Å². The summed E-state index contributed by atoms with van der Waals surface area (Å²) in [4.78, 5) is 32.7. The molecule has 2 heterocycles. The third-order valence-corrected chi connectivity index (χ3v) is 6.88. The monoisotopic (exact) mass is 444 g/mol. The molecule has 0 unspecified atom stereocenters. The summed E-state index contributed by atoms with van der Waals surface area (Å²) in [6.45, 7) is 4.29. The van der Waals surface area contributed by atoms with Crippen LogP contribution in [0.2, 0.25) is 0 Å². The minimum atomic E-state index is -0.726. The Labute approximate surface area is 195 Å². The first-order valence-corrected chi connectivity index (χ1v) is 11.5. The van der Waals surface area contributed by atoms with Gasteiger partial charge in [0, 0.05) is 30.5 Å². The average molecular weight is 445 g/mol. The number of carbonyl (C=O) groups is 2. The third-order valence-electron chi connectivity index (χ3n) is 6.88. The molecule has 0 saturated carbocycles. The van der Waals surface area contributed by atoms with Crippen LogP contribution < -0.4 is 11.1 Å². The van der Waals surface area contributed by atoms with Gasteiger partial charge in [0.05, 0.1) is 11.6 Å². The average Bonchev–Trinajstić information content (AvgIpc) is 3.28. The van der Waals surface area contributed by atoms with Crippen molar-refractivity contribution >= 4 is 28.3 Å².